The van der Waals surface area contributed by atoms with E-state index in [0.717, 1.165) is 44.8 Å². The molecule has 118 heavy (non-hydrogen) atoms. The fourth-order valence-electron chi connectivity index (χ4n) is 11.5. The maximum atomic E-state index is 12.6. The number of amides is 6. The molecular weight excluding hydrogens is 1480 g/mol. The van der Waals surface area contributed by atoms with Crippen LogP contribution >= 0.6 is 0 Å². The Balaban J connectivity index is 0.000000294. The molecule has 0 bridgehead atoms. The maximum absolute atomic E-state index is 12.6. The number of primary amides is 2. The first-order valence-corrected chi connectivity index (χ1v) is 40.0. The second-order valence-corrected chi connectivity index (χ2v) is 31.8. The van der Waals surface area contributed by atoms with Gasteiger partial charge >= 0.3 is 0 Å². The van der Waals surface area contributed by atoms with E-state index in [2.05, 4.69) is 168 Å². The minimum absolute atomic E-state index is 0.0618. The molecule has 10 rings (SSSR count). The highest BCUT2D eigenvalue weighted by molar-refractivity contribution is 6.05. The van der Waals surface area contributed by atoms with E-state index in [9.17, 15) is 38.4 Å². The van der Waals surface area contributed by atoms with Crippen molar-refractivity contribution in [1.82, 2.24) is 4.98 Å². The van der Waals surface area contributed by atoms with Gasteiger partial charge in [0, 0.05) is 78.3 Å². The Labute approximate surface area is 701 Å². The third-order valence-electron chi connectivity index (χ3n) is 18.7. The number of nitrogens with one attached hydrogen (secondary N) is 4. The molecule has 18 nitrogen and oxygen atoms in total. The molecule has 8 N–H and O–H groups in total. The van der Waals surface area contributed by atoms with Crippen LogP contribution in [0.3, 0.4) is 0 Å². The highest BCUT2D eigenvalue weighted by atomic mass is 16.5. The van der Waals surface area contributed by atoms with Crippen LogP contribution in [0.15, 0.2) is 225 Å². The van der Waals surface area contributed by atoms with Gasteiger partial charge in [0.2, 0.25) is 29.4 Å². The zero-order chi connectivity index (χ0) is 88.1. The molecule has 18 heteroatoms. The molecular formula is C100H125N7O11. The van der Waals surface area contributed by atoms with Crippen molar-refractivity contribution >= 4 is 69.8 Å². The Morgan fingerprint density at radius 3 is 1.10 bits per heavy atom. The SMILES string of the molecule is CC(=O)Cc1ccc(C(C)C)cc1.CC(=O)Nc1ccc(C(C)C)cc1NC(C)=O.CC(C)c1ccc(C(N)=O)cc1.CC(C)c1cccc(C(N)=O)c1.CC(C)c1cccc(NC(=O)c2ccc(C(C)(C)C)cc2)c1.CC(C)c1cccc(NC(=O)c2ccncc2)c1.COc1cc(CC(=O)c2cccc(C(C)C)c2)cc(OC)c1OC. The number of methoxy groups -OCH3 is 3. The standard InChI is InChI=1S/C20H25NO.C20H24O4.C15H16N2O.C13H18N2O2.C12H16O.2C10H13NO/c1-14(2)16-7-6-8-18(13-16)21-19(22)15-9-11-17(12-10-15)20(3,4)5;1-13(2)15-7-6-8-16(12-15)17(21)9-14-10-18(22-3)20(24-5)19(11-14)23-4;1-11(2)13-4-3-5-14(10-13)17-15(18)12-6-8-16-9-7-12;1-8(2)11-5-6-12(14-9(3)16)13(7-11)15-10(4)17;1-9(2)12-6-4-11(5-7-12)8-10(3)13;1-7(2)8-3-5-9(6-4-8)10(11)12;1-7(2)8-4-3-5-9(6-8)10(11)12/h6-14H,1-5H3,(H,21,22);6-8,10-13H,9H2,1-5H3;3-11H,1-2H3,(H,17,18);5-8H,1-4H3,(H,14,16)(H,15,17);4-7,9H,8H2,1-3H3;2*3-7H,1-2H3,(H2,11,12). The molecule has 0 radical (unpaired) electrons. The second kappa shape index (κ2) is 48.9. The highest BCUT2D eigenvalue weighted by Crippen LogP contribution is 2.39. The average Bonchev–Trinajstić information content (AvgIpc) is 0.840. The van der Waals surface area contributed by atoms with Crippen LogP contribution in [0.1, 0.15) is 287 Å². The van der Waals surface area contributed by atoms with Crippen molar-refractivity contribution in [3.05, 3.63) is 308 Å². The highest BCUT2D eigenvalue weighted by Gasteiger charge is 2.19. The minimum atomic E-state index is -0.370. The van der Waals surface area contributed by atoms with Crippen LogP contribution < -0.4 is 46.9 Å². The second-order valence-electron chi connectivity index (χ2n) is 31.8. The Morgan fingerprint density at radius 2 is 0.712 bits per heavy atom. The van der Waals surface area contributed by atoms with Gasteiger partial charge in [0.05, 0.1) is 32.7 Å². The molecule has 0 unspecified atom stereocenters. The predicted octanol–water partition coefficient (Wildman–Crippen LogP) is 22.6. The lowest BCUT2D eigenvalue weighted by atomic mass is 9.87. The topological polar surface area (TPSA) is 277 Å². The number of aromatic nitrogens is 1. The summed E-state index contributed by atoms with van der Waals surface area (Å²) in [5.74, 6) is 3.82. The van der Waals surface area contributed by atoms with Crippen LogP contribution in [-0.4, -0.2) is 73.3 Å². The molecule has 0 aliphatic carbocycles. The number of rotatable bonds is 23. The summed E-state index contributed by atoms with van der Waals surface area (Å²) < 4.78 is 16.0. The number of hydrogen-bond donors (Lipinski definition) is 6. The molecule has 626 valence electrons. The molecule has 9 aromatic carbocycles. The largest absolute Gasteiger partial charge is 0.493 e. The third kappa shape index (κ3) is 34.2. The van der Waals surface area contributed by atoms with Crippen LogP contribution in [0.5, 0.6) is 17.2 Å². The maximum Gasteiger partial charge on any atom is 0.255 e. The molecule has 1 aromatic heterocycles. The van der Waals surface area contributed by atoms with Crippen LogP contribution in [0.4, 0.5) is 22.7 Å². The van der Waals surface area contributed by atoms with Gasteiger partial charge in [-0.3, -0.25) is 43.3 Å². The van der Waals surface area contributed by atoms with E-state index >= 15 is 0 Å². The Morgan fingerprint density at radius 1 is 0.347 bits per heavy atom. The number of nitrogens with zero attached hydrogens (tertiary/aromatic N) is 1. The van der Waals surface area contributed by atoms with E-state index in [4.69, 9.17) is 25.7 Å². The number of Topliss-reactive ketones (excluding diaryl/α,β-unsaturated/α-hetero) is 2. The fraction of sp³-hybridized carbons (Fsp3) is 0.330. The molecule has 1 heterocycles. The van der Waals surface area contributed by atoms with Crippen molar-refractivity contribution < 1.29 is 52.6 Å². The number of anilines is 4. The quantitative estimate of drug-likeness (QED) is 0.0326. The minimum Gasteiger partial charge on any atom is -0.493 e. The Hall–Kier alpha value is -12.3. The normalized spacial score (nSPS) is 10.6. The van der Waals surface area contributed by atoms with Gasteiger partial charge in [0.15, 0.2) is 17.3 Å². The molecule has 0 aliphatic heterocycles. The first-order chi connectivity index (χ1) is 55.6. The van der Waals surface area contributed by atoms with Gasteiger partial charge in [-0.05, 0) is 213 Å². The van der Waals surface area contributed by atoms with E-state index < -0.39 is 0 Å². The number of ether oxygens (including phenoxy) is 3. The summed E-state index contributed by atoms with van der Waals surface area (Å²) in [6, 6.07) is 67.3. The van der Waals surface area contributed by atoms with Crippen LogP contribution in [0, 0.1) is 0 Å². The van der Waals surface area contributed by atoms with Gasteiger partial charge in [0.25, 0.3) is 11.8 Å². The predicted molar refractivity (Wildman–Crippen MR) is 483 cm³/mol. The van der Waals surface area contributed by atoms with Gasteiger partial charge in [0.1, 0.15) is 5.78 Å². The molecule has 10 aromatic rings. The smallest absolute Gasteiger partial charge is 0.255 e. The van der Waals surface area contributed by atoms with E-state index in [-0.39, 0.29) is 58.8 Å². The lowest BCUT2D eigenvalue weighted by molar-refractivity contribution is -0.116. The van der Waals surface area contributed by atoms with Gasteiger partial charge in [-0.15, -0.1) is 0 Å². The first-order valence-electron chi connectivity index (χ1n) is 40.0. The van der Waals surface area contributed by atoms with E-state index in [1.165, 1.54) is 41.7 Å². The van der Waals surface area contributed by atoms with Gasteiger partial charge < -0.3 is 46.9 Å². The third-order valence-corrected chi connectivity index (χ3v) is 18.7. The average molecular weight is 1600 g/mol. The number of benzene rings is 9. The summed E-state index contributed by atoms with van der Waals surface area (Å²) in [5, 5.41) is 11.3. The Bertz CT molecular complexity index is 4860. The fourth-order valence-corrected chi connectivity index (χ4v) is 11.5. The van der Waals surface area contributed by atoms with E-state index in [1.54, 1.807) is 71.0 Å². The number of ketones is 2. The molecule has 6 amide bonds. The summed E-state index contributed by atoms with van der Waals surface area (Å²) in [6.07, 6.45) is 4.05. The molecule has 0 spiro atoms. The summed E-state index contributed by atoms with van der Waals surface area (Å²) >= 11 is 0. The monoisotopic (exact) mass is 1600 g/mol. The molecule has 0 aliphatic rings. The van der Waals surface area contributed by atoms with Crippen molar-refractivity contribution in [2.75, 3.05) is 42.6 Å². The van der Waals surface area contributed by atoms with Crippen molar-refractivity contribution in [3.63, 3.8) is 0 Å². The van der Waals surface area contributed by atoms with Crippen molar-refractivity contribution in [1.29, 1.82) is 0 Å². The molecule has 0 fully saturated rings. The lowest BCUT2D eigenvalue weighted by Crippen LogP contribution is -2.14. The number of hydrogen-bond acceptors (Lipinski definition) is 12. The number of pyridine rings is 1. The lowest BCUT2D eigenvalue weighted by Gasteiger charge is -2.19. The molecule has 0 saturated heterocycles. The van der Waals surface area contributed by atoms with Crippen LogP contribution in [0.2, 0.25) is 0 Å². The van der Waals surface area contributed by atoms with Crippen LogP contribution in [-0.2, 0) is 32.6 Å². The van der Waals surface area contributed by atoms with E-state index in [0.29, 0.717) is 98.7 Å². The van der Waals surface area contributed by atoms with Crippen molar-refractivity contribution in [3.8, 4) is 17.2 Å². The zero-order valence-electron chi connectivity index (χ0n) is 73.4. The summed E-state index contributed by atoms with van der Waals surface area (Å²) in [6.45, 7) is 40.6. The number of carbonyl (C=O) groups excluding carboxylic acids is 8. The molecule has 0 atom stereocenters. The van der Waals surface area contributed by atoms with Crippen LogP contribution in [0.25, 0.3) is 0 Å². The number of nitrogens with two attached hydrogens (primary N) is 2. The first kappa shape index (κ1) is 98.1. The van der Waals surface area contributed by atoms with Gasteiger partial charge in [-0.2, -0.15) is 0 Å². The van der Waals surface area contributed by atoms with Crippen molar-refractivity contribution in [2.24, 2.45) is 11.5 Å². The van der Waals surface area contributed by atoms with Crippen molar-refractivity contribution in [2.45, 2.75) is 198 Å². The molecule has 0 saturated carbocycles. The number of carbonyl (C=O) groups is 8. The van der Waals surface area contributed by atoms with Gasteiger partial charge in [-0.1, -0.05) is 227 Å². The van der Waals surface area contributed by atoms with Gasteiger partial charge in [-0.25, -0.2) is 0 Å². The van der Waals surface area contributed by atoms with E-state index in [1.807, 2.05) is 158 Å². The summed E-state index contributed by atoms with van der Waals surface area (Å²) in [5.41, 5.74) is 28.0. The summed E-state index contributed by atoms with van der Waals surface area (Å²) in [7, 11) is 4.69. The Kier molecular flexibility index (Phi) is 40.6. The zero-order valence-corrected chi connectivity index (χ0v) is 73.4. The summed E-state index contributed by atoms with van der Waals surface area (Å²) in [4.78, 5) is 95.3.